The van der Waals surface area contributed by atoms with Crippen LogP contribution in [0, 0.1) is 12.7 Å². The number of amides is 1. The van der Waals surface area contributed by atoms with Gasteiger partial charge in [0.25, 0.3) is 0 Å². The molecule has 0 unspecified atom stereocenters. The van der Waals surface area contributed by atoms with Crippen molar-refractivity contribution in [3.05, 3.63) is 64.9 Å². The van der Waals surface area contributed by atoms with Crippen LogP contribution in [0.3, 0.4) is 0 Å². The number of aryl methyl sites for hydroxylation is 1. The molecule has 1 amide bonds. The molecule has 8 nitrogen and oxygen atoms in total. The summed E-state index contributed by atoms with van der Waals surface area (Å²) in [5, 5.41) is 0.944. The smallest absolute Gasteiger partial charge is 0.350 e. The lowest BCUT2D eigenvalue weighted by atomic mass is 9.97. The van der Waals surface area contributed by atoms with Gasteiger partial charge >= 0.3 is 5.69 Å². The van der Waals surface area contributed by atoms with E-state index in [-0.39, 0.29) is 35.5 Å². The Kier molecular flexibility index (Phi) is 6.90. The maximum Gasteiger partial charge on any atom is 0.350 e. The topological polar surface area (TPSA) is 70.9 Å². The Morgan fingerprint density at radius 2 is 1.98 bits per heavy atom. The average molecular weight is 590 g/mol. The number of rotatable bonds is 5. The van der Waals surface area contributed by atoms with Crippen LogP contribution in [0.25, 0.3) is 22.0 Å². The first-order valence-electron chi connectivity index (χ1n) is 14.8. The van der Waals surface area contributed by atoms with E-state index >= 15 is 0 Å². The lowest BCUT2D eigenvalue weighted by Gasteiger charge is -2.45. The predicted octanol–water partition coefficient (Wildman–Crippen LogP) is 4.24. The lowest BCUT2D eigenvalue weighted by Crippen LogP contribution is -2.58. The molecule has 3 fully saturated rings. The van der Waals surface area contributed by atoms with E-state index in [0.29, 0.717) is 31.1 Å². The van der Waals surface area contributed by atoms with Gasteiger partial charge in [0.05, 0.1) is 24.3 Å². The highest BCUT2D eigenvalue weighted by Crippen LogP contribution is 2.46. The number of nitrogens with zero attached hydrogens (tertiary/aromatic N) is 5. The number of carbonyl (C=O) groups is 1. The number of piperazine rings is 1. The highest BCUT2D eigenvalue weighted by Gasteiger charge is 2.41. The molecule has 0 N–H and O–H groups in total. The van der Waals surface area contributed by atoms with Crippen LogP contribution >= 0.6 is 11.8 Å². The summed E-state index contributed by atoms with van der Waals surface area (Å²) in [5.41, 5.74) is 3.68. The van der Waals surface area contributed by atoms with Gasteiger partial charge in [0.2, 0.25) is 5.91 Å². The monoisotopic (exact) mass is 589 g/mol. The van der Waals surface area contributed by atoms with Gasteiger partial charge in [0.1, 0.15) is 11.6 Å². The van der Waals surface area contributed by atoms with Crippen molar-refractivity contribution in [3.8, 4) is 11.1 Å². The van der Waals surface area contributed by atoms with E-state index in [2.05, 4.69) is 36.3 Å². The number of hydrogen-bond donors (Lipinski definition) is 0. The summed E-state index contributed by atoms with van der Waals surface area (Å²) < 4.78 is 21.7. The number of fused-ring (bicyclic) bond motifs is 2. The zero-order valence-electron chi connectivity index (χ0n) is 24.3. The number of ether oxygens (including phenoxy) is 1. The van der Waals surface area contributed by atoms with E-state index in [0.717, 1.165) is 64.4 Å². The van der Waals surface area contributed by atoms with Gasteiger partial charge in [-0.15, -0.1) is 11.8 Å². The molecule has 3 saturated heterocycles. The number of anilines is 1. The Labute approximate surface area is 249 Å². The third kappa shape index (κ3) is 4.46. The number of morpholine rings is 1. The van der Waals surface area contributed by atoms with Crippen LogP contribution in [0.15, 0.2) is 52.7 Å². The molecule has 4 aliphatic rings. The van der Waals surface area contributed by atoms with Gasteiger partial charge in [-0.1, -0.05) is 18.7 Å². The van der Waals surface area contributed by atoms with Gasteiger partial charge in [-0.2, -0.15) is 4.98 Å². The van der Waals surface area contributed by atoms with Gasteiger partial charge in [0, 0.05) is 65.9 Å². The maximum atomic E-state index is 14.1. The van der Waals surface area contributed by atoms with Gasteiger partial charge < -0.3 is 14.5 Å². The number of halogens is 1. The molecule has 2 aromatic carbocycles. The first kappa shape index (κ1) is 27.6. The normalized spacial score (nSPS) is 27.2. The van der Waals surface area contributed by atoms with E-state index in [1.807, 2.05) is 28.5 Å². The molecular formula is C32H36FN5O3S. The quantitative estimate of drug-likeness (QED) is 0.413. The fraction of sp³-hybridized carbons (Fsp3) is 0.469. The fourth-order valence-electron chi connectivity index (χ4n) is 7.37. The lowest BCUT2D eigenvalue weighted by molar-refractivity contribution is -0.128. The van der Waals surface area contributed by atoms with Crippen molar-refractivity contribution < 1.29 is 13.9 Å². The van der Waals surface area contributed by atoms with Crippen LogP contribution in [0.5, 0.6) is 0 Å². The molecule has 0 spiro atoms. The number of aromatic nitrogens is 2. The Balaban J connectivity index is 1.38. The molecule has 10 heteroatoms. The van der Waals surface area contributed by atoms with E-state index in [4.69, 9.17) is 9.72 Å². The summed E-state index contributed by atoms with van der Waals surface area (Å²) in [6, 6.07) is 9.04. The molecule has 3 aromatic rings. The Hall–Kier alpha value is -3.21. The van der Waals surface area contributed by atoms with Crippen molar-refractivity contribution in [1.82, 2.24) is 19.4 Å². The van der Waals surface area contributed by atoms with Crippen molar-refractivity contribution in [1.29, 1.82) is 0 Å². The van der Waals surface area contributed by atoms with Crippen molar-refractivity contribution in [2.45, 2.75) is 62.4 Å². The average Bonchev–Trinajstić information content (AvgIpc) is 3.60. The molecule has 0 saturated carbocycles. The standard InChI is InChI=1S/C32H36FN5O3S/c1-5-27(39)36-12-20(4)37(13-19(36)3)31-26-10-18(2)28(21-6-8-22(33)9-7-21)30-29(26)38(32(40)34-31)24(17-42-30)14-35-15-25-11-23(35)16-41-25/h5-10,19-20,23-25H,1,11-17H2,2-4H3/t19-,20+,23+,24+,25+/m1/s1. The Bertz CT molecular complexity index is 1640. The first-order chi connectivity index (χ1) is 20.2. The number of likely N-dealkylation sites (tertiary alicyclic amines) is 1. The predicted molar refractivity (Wildman–Crippen MR) is 164 cm³/mol. The van der Waals surface area contributed by atoms with Crippen LogP contribution in [0.4, 0.5) is 10.2 Å². The Morgan fingerprint density at radius 3 is 2.67 bits per heavy atom. The number of hydrogen-bond acceptors (Lipinski definition) is 7. The molecule has 5 atom stereocenters. The van der Waals surface area contributed by atoms with E-state index in [1.165, 1.54) is 18.2 Å². The number of carbonyl (C=O) groups excluding carboxylic acids is 1. The molecule has 4 aliphatic heterocycles. The number of benzene rings is 2. The minimum absolute atomic E-state index is 0.0272. The second-order valence-electron chi connectivity index (χ2n) is 12.2. The van der Waals surface area contributed by atoms with Crippen molar-refractivity contribution in [2.75, 3.05) is 43.4 Å². The molecular weight excluding hydrogens is 553 g/mol. The van der Waals surface area contributed by atoms with Crippen LogP contribution in [-0.2, 0) is 9.53 Å². The highest BCUT2D eigenvalue weighted by molar-refractivity contribution is 7.99. The molecule has 42 heavy (non-hydrogen) atoms. The van der Waals surface area contributed by atoms with Crippen LogP contribution < -0.4 is 10.6 Å². The molecule has 0 radical (unpaired) electrons. The fourth-order valence-corrected chi connectivity index (χ4v) is 8.75. The van der Waals surface area contributed by atoms with Gasteiger partial charge in [-0.05, 0) is 62.6 Å². The molecule has 1 aromatic heterocycles. The molecule has 5 heterocycles. The molecule has 0 aliphatic carbocycles. The molecule has 220 valence electrons. The Morgan fingerprint density at radius 1 is 1.19 bits per heavy atom. The second kappa shape index (κ2) is 10.5. The summed E-state index contributed by atoms with van der Waals surface area (Å²) in [4.78, 5) is 38.9. The van der Waals surface area contributed by atoms with Crippen molar-refractivity contribution in [2.24, 2.45) is 0 Å². The highest BCUT2D eigenvalue weighted by atomic mass is 32.2. The van der Waals surface area contributed by atoms with Crippen LogP contribution in [0.1, 0.15) is 31.9 Å². The molecule has 7 rings (SSSR count). The summed E-state index contributed by atoms with van der Waals surface area (Å²) >= 11 is 1.78. The van der Waals surface area contributed by atoms with Crippen molar-refractivity contribution in [3.63, 3.8) is 0 Å². The zero-order chi connectivity index (χ0) is 29.3. The maximum absolute atomic E-state index is 14.1. The van der Waals surface area contributed by atoms with Gasteiger partial charge in [-0.25, -0.2) is 9.18 Å². The van der Waals surface area contributed by atoms with E-state index in [1.54, 1.807) is 11.8 Å². The third-order valence-electron chi connectivity index (χ3n) is 9.43. The summed E-state index contributed by atoms with van der Waals surface area (Å²) in [6.45, 7) is 13.4. The minimum atomic E-state index is -0.275. The summed E-state index contributed by atoms with van der Waals surface area (Å²) in [5.74, 6) is 1.06. The van der Waals surface area contributed by atoms with Crippen molar-refractivity contribution >= 4 is 34.4 Å². The molecule has 2 bridgehead atoms. The van der Waals surface area contributed by atoms with Gasteiger partial charge in [0.15, 0.2) is 0 Å². The zero-order valence-corrected chi connectivity index (χ0v) is 25.1. The third-order valence-corrected chi connectivity index (χ3v) is 10.7. The summed E-state index contributed by atoms with van der Waals surface area (Å²) in [7, 11) is 0. The van der Waals surface area contributed by atoms with E-state index in [9.17, 15) is 14.0 Å². The van der Waals surface area contributed by atoms with Crippen LogP contribution in [-0.4, -0.2) is 88.0 Å². The van der Waals surface area contributed by atoms with Gasteiger partial charge in [-0.3, -0.25) is 14.3 Å². The SMILES string of the molecule is C=CC(=O)N1C[C@H](C)N(c2nc(=O)n3c4c(c(-c5ccc(F)cc5)c(C)cc24)SC[C@@H]3CN2C[C@@H]3C[C@H]2CO3)C[C@H]1C. The minimum Gasteiger partial charge on any atom is -0.375 e. The van der Waals surface area contributed by atoms with Crippen LogP contribution in [0.2, 0.25) is 0 Å². The largest absolute Gasteiger partial charge is 0.375 e. The van der Waals surface area contributed by atoms with E-state index < -0.39 is 0 Å². The summed E-state index contributed by atoms with van der Waals surface area (Å²) in [6.07, 6.45) is 2.71. The number of thioether (sulfide) groups is 1. The first-order valence-corrected chi connectivity index (χ1v) is 15.8. The second-order valence-corrected chi connectivity index (χ2v) is 13.2.